The number of aryl methyl sites for hydroxylation is 1. The van der Waals surface area contributed by atoms with Gasteiger partial charge in [-0.25, -0.2) is 24.4 Å². The number of piperazine rings is 1. The van der Waals surface area contributed by atoms with Gasteiger partial charge >= 0.3 is 6.09 Å². The summed E-state index contributed by atoms with van der Waals surface area (Å²) in [7, 11) is 1.93. The second kappa shape index (κ2) is 11.2. The standard InChI is InChI=1S/C29H39N9O2/c1-19(2)15-25-33-26(36(6)35-25)21-7-8-22-23(17-21)32-27(31-22)34-24-16-20(9-10-30-24)18-37-11-13-38(14-12-37)28(39)40-29(3,4)5/h7-10,16-17,19H,11-15,18H2,1-6H3,(H2,30,31,32,34). The number of anilines is 2. The van der Waals surface area contributed by atoms with Crippen LogP contribution in [0.1, 0.15) is 46.0 Å². The van der Waals surface area contributed by atoms with Crippen molar-refractivity contribution in [1.82, 2.24) is 39.5 Å². The largest absolute Gasteiger partial charge is 0.444 e. The van der Waals surface area contributed by atoms with E-state index in [1.165, 1.54) is 0 Å². The third kappa shape index (κ3) is 6.77. The molecule has 11 heteroatoms. The van der Waals surface area contributed by atoms with E-state index >= 15 is 0 Å². The van der Waals surface area contributed by atoms with Crippen molar-refractivity contribution in [1.29, 1.82) is 0 Å². The van der Waals surface area contributed by atoms with Gasteiger partial charge in [0.05, 0.1) is 11.0 Å². The minimum Gasteiger partial charge on any atom is -0.444 e. The number of rotatable bonds is 7. The number of ether oxygens (including phenoxy) is 1. The fraction of sp³-hybridized carbons (Fsp3) is 0.483. The molecule has 212 valence electrons. The number of aromatic amines is 1. The molecule has 0 saturated carbocycles. The number of nitrogens with zero attached hydrogens (tertiary/aromatic N) is 7. The van der Waals surface area contributed by atoms with Crippen molar-refractivity contribution in [3.05, 3.63) is 47.9 Å². The molecule has 2 N–H and O–H groups in total. The Bertz CT molecular complexity index is 1480. The van der Waals surface area contributed by atoms with Crippen LogP contribution in [0.5, 0.6) is 0 Å². The molecule has 1 aromatic carbocycles. The molecule has 0 unspecified atom stereocenters. The Labute approximate surface area is 235 Å². The predicted octanol–water partition coefficient (Wildman–Crippen LogP) is 4.75. The fourth-order valence-corrected chi connectivity index (χ4v) is 4.78. The summed E-state index contributed by atoms with van der Waals surface area (Å²) in [5.74, 6) is 3.54. The maximum absolute atomic E-state index is 12.4. The summed E-state index contributed by atoms with van der Waals surface area (Å²) in [6, 6.07) is 10.1. The Morgan fingerprint density at radius 3 is 2.60 bits per heavy atom. The normalized spacial score (nSPS) is 14.7. The van der Waals surface area contributed by atoms with Crippen LogP contribution in [-0.2, 0) is 24.8 Å². The fourth-order valence-electron chi connectivity index (χ4n) is 4.78. The van der Waals surface area contributed by atoms with Gasteiger partial charge in [-0.3, -0.25) is 4.90 Å². The van der Waals surface area contributed by atoms with Crippen molar-refractivity contribution in [3.8, 4) is 11.4 Å². The first-order valence-electron chi connectivity index (χ1n) is 13.8. The molecule has 1 aliphatic heterocycles. The average Bonchev–Trinajstić information content (AvgIpc) is 3.44. The highest BCUT2D eigenvalue weighted by molar-refractivity contribution is 5.82. The van der Waals surface area contributed by atoms with Crippen LogP contribution in [0.3, 0.4) is 0 Å². The Kier molecular flexibility index (Phi) is 7.75. The second-order valence-corrected chi connectivity index (χ2v) is 11.8. The van der Waals surface area contributed by atoms with Gasteiger partial charge in [0.2, 0.25) is 5.95 Å². The molecule has 1 amide bonds. The zero-order valence-corrected chi connectivity index (χ0v) is 24.2. The third-order valence-corrected chi connectivity index (χ3v) is 6.64. The second-order valence-electron chi connectivity index (χ2n) is 11.8. The van der Waals surface area contributed by atoms with Crippen LogP contribution in [0, 0.1) is 5.92 Å². The number of nitrogens with one attached hydrogen (secondary N) is 2. The summed E-state index contributed by atoms with van der Waals surface area (Å²) < 4.78 is 7.34. The number of amides is 1. The first-order chi connectivity index (χ1) is 19.0. The molecule has 0 spiro atoms. The Hall–Kier alpha value is -3.99. The molecule has 11 nitrogen and oxygen atoms in total. The van der Waals surface area contributed by atoms with E-state index in [4.69, 9.17) is 14.7 Å². The highest BCUT2D eigenvalue weighted by Gasteiger charge is 2.26. The van der Waals surface area contributed by atoms with E-state index in [0.717, 1.165) is 65.7 Å². The van der Waals surface area contributed by atoms with Crippen LogP contribution in [0.15, 0.2) is 36.5 Å². The lowest BCUT2D eigenvalue weighted by Crippen LogP contribution is -2.49. The van der Waals surface area contributed by atoms with Gasteiger partial charge < -0.3 is 19.9 Å². The number of pyridine rings is 1. The van der Waals surface area contributed by atoms with E-state index in [9.17, 15) is 4.79 Å². The molecular formula is C29H39N9O2. The van der Waals surface area contributed by atoms with Gasteiger partial charge in [0.15, 0.2) is 11.6 Å². The summed E-state index contributed by atoms with van der Waals surface area (Å²) in [6.07, 6.45) is 2.41. The first kappa shape index (κ1) is 27.6. The van der Waals surface area contributed by atoms with Crippen LogP contribution >= 0.6 is 0 Å². The smallest absolute Gasteiger partial charge is 0.410 e. The van der Waals surface area contributed by atoms with Crippen molar-refractivity contribution in [2.75, 3.05) is 31.5 Å². The van der Waals surface area contributed by atoms with E-state index in [1.54, 1.807) is 11.1 Å². The zero-order valence-electron chi connectivity index (χ0n) is 24.2. The summed E-state index contributed by atoms with van der Waals surface area (Å²) in [5, 5.41) is 7.89. The maximum Gasteiger partial charge on any atom is 0.410 e. The van der Waals surface area contributed by atoms with Gasteiger partial charge in [0.1, 0.15) is 11.4 Å². The molecule has 0 bridgehead atoms. The third-order valence-electron chi connectivity index (χ3n) is 6.64. The van der Waals surface area contributed by atoms with E-state index in [1.807, 2.05) is 56.8 Å². The molecular weight excluding hydrogens is 506 g/mol. The van der Waals surface area contributed by atoms with Crippen LogP contribution in [-0.4, -0.2) is 77.4 Å². The van der Waals surface area contributed by atoms with Gasteiger partial charge in [-0.15, -0.1) is 0 Å². The zero-order chi connectivity index (χ0) is 28.4. The summed E-state index contributed by atoms with van der Waals surface area (Å²) in [4.78, 5) is 33.8. The molecule has 5 rings (SSSR count). The van der Waals surface area contributed by atoms with Crippen molar-refractivity contribution < 1.29 is 9.53 Å². The van der Waals surface area contributed by atoms with E-state index < -0.39 is 5.60 Å². The highest BCUT2D eigenvalue weighted by atomic mass is 16.6. The molecule has 1 fully saturated rings. The van der Waals surface area contributed by atoms with Gasteiger partial charge in [0.25, 0.3) is 0 Å². The summed E-state index contributed by atoms with van der Waals surface area (Å²) >= 11 is 0. The van der Waals surface area contributed by atoms with Crippen molar-refractivity contribution in [3.63, 3.8) is 0 Å². The number of benzene rings is 1. The quantitative estimate of drug-likeness (QED) is 0.342. The van der Waals surface area contributed by atoms with Crippen molar-refractivity contribution in [2.45, 2.75) is 53.2 Å². The average molecular weight is 546 g/mol. The lowest BCUT2D eigenvalue weighted by molar-refractivity contribution is 0.0139. The minimum atomic E-state index is -0.482. The van der Waals surface area contributed by atoms with Crippen molar-refractivity contribution in [2.24, 2.45) is 13.0 Å². The van der Waals surface area contributed by atoms with Crippen LogP contribution in [0.4, 0.5) is 16.6 Å². The van der Waals surface area contributed by atoms with E-state index in [-0.39, 0.29) is 6.09 Å². The number of carbonyl (C=O) groups is 1. The number of hydrogen-bond acceptors (Lipinski definition) is 8. The minimum absolute atomic E-state index is 0.243. The number of imidazole rings is 1. The molecule has 1 aliphatic rings. The summed E-state index contributed by atoms with van der Waals surface area (Å²) in [5.41, 5.74) is 3.41. The van der Waals surface area contributed by atoms with Crippen molar-refractivity contribution >= 4 is 28.9 Å². The van der Waals surface area contributed by atoms with Gasteiger partial charge in [-0.05, 0) is 62.6 Å². The number of aromatic nitrogens is 6. The lowest BCUT2D eigenvalue weighted by Gasteiger charge is -2.35. The molecule has 0 atom stereocenters. The van der Waals surface area contributed by atoms with E-state index in [0.29, 0.717) is 25.0 Å². The summed E-state index contributed by atoms with van der Waals surface area (Å²) in [6.45, 7) is 13.7. The SMILES string of the molecule is CC(C)Cc1nc(-c2ccc3nc(Nc4cc(CN5CCN(C(=O)OC(C)(C)C)CC5)ccn4)[nH]c3c2)n(C)n1. The Balaban J connectivity index is 1.22. The van der Waals surface area contributed by atoms with Crippen LogP contribution < -0.4 is 5.32 Å². The molecule has 40 heavy (non-hydrogen) atoms. The van der Waals surface area contributed by atoms with Gasteiger partial charge in [-0.1, -0.05) is 13.8 Å². The number of hydrogen-bond donors (Lipinski definition) is 2. The predicted molar refractivity (Wildman–Crippen MR) is 155 cm³/mol. The Morgan fingerprint density at radius 1 is 1.10 bits per heavy atom. The first-order valence-corrected chi connectivity index (χ1v) is 13.8. The molecule has 1 saturated heterocycles. The molecule has 4 heterocycles. The maximum atomic E-state index is 12.4. The Morgan fingerprint density at radius 2 is 1.88 bits per heavy atom. The van der Waals surface area contributed by atoms with Gasteiger partial charge in [0, 0.05) is 58.0 Å². The van der Waals surface area contributed by atoms with Crippen LogP contribution in [0.25, 0.3) is 22.4 Å². The molecule has 0 radical (unpaired) electrons. The van der Waals surface area contributed by atoms with Gasteiger partial charge in [-0.2, -0.15) is 5.10 Å². The molecule has 4 aromatic rings. The molecule has 0 aliphatic carbocycles. The van der Waals surface area contributed by atoms with E-state index in [2.05, 4.69) is 45.2 Å². The highest BCUT2D eigenvalue weighted by Crippen LogP contribution is 2.25. The monoisotopic (exact) mass is 545 g/mol. The number of carbonyl (C=O) groups excluding carboxylic acids is 1. The lowest BCUT2D eigenvalue weighted by atomic mass is 10.1. The molecule has 3 aromatic heterocycles. The van der Waals surface area contributed by atoms with Crippen LogP contribution in [0.2, 0.25) is 0 Å². The topological polar surface area (TPSA) is 117 Å². The number of H-pyrrole nitrogens is 1. The number of fused-ring (bicyclic) bond motifs is 1.